The molecule has 6 heteroatoms. The summed E-state index contributed by atoms with van der Waals surface area (Å²) in [6.07, 6.45) is 0. The van der Waals surface area contributed by atoms with Gasteiger partial charge >= 0.3 is 0 Å². The Kier molecular flexibility index (Phi) is 8.58. The average Bonchev–Trinajstić information content (AvgIpc) is 3.02. The van der Waals surface area contributed by atoms with Gasteiger partial charge in [-0.2, -0.15) is 0 Å². The number of aliphatic hydroxyl groups excluding tert-OH is 2. The van der Waals surface area contributed by atoms with Gasteiger partial charge in [0.25, 0.3) is 0 Å². The number of aliphatic hydroxyl groups is 2. The van der Waals surface area contributed by atoms with Crippen molar-refractivity contribution in [1.82, 2.24) is 0 Å². The van der Waals surface area contributed by atoms with E-state index in [1.807, 2.05) is 48.5 Å². The summed E-state index contributed by atoms with van der Waals surface area (Å²) in [5, 5.41) is 23.3. The van der Waals surface area contributed by atoms with Gasteiger partial charge < -0.3 is 19.7 Å². The first-order valence-corrected chi connectivity index (χ1v) is 15.2. The van der Waals surface area contributed by atoms with E-state index in [4.69, 9.17) is 9.47 Å². The molecule has 0 saturated carbocycles. The molecule has 6 aromatic carbocycles. The number of ether oxygens (including phenoxy) is 2. The molecular formula is C36H28Br2O4. The third-order valence-electron chi connectivity index (χ3n) is 7.39. The van der Waals surface area contributed by atoms with Crippen molar-refractivity contribution in [2.24, 2.45) is 0 Å². The van der Waals surface area contributed by atoms with Crippen molar-refractivity contribution in [3.8, 4) is 22.6 Å². The molecule has 0 unspecified atom stereocenters. The van der Waals surface area contributed by atoms with Gasteiger partial charge in [0.15, 0.2) is 0 Å². The Hall–Kier alpha value is -3.68. The van der Waals surface area contributed by atoms with Crippen LogP contribution in [0.25, 0.3) is 32.7 Å². The molecule has 0 atom stereocenters. The molecule has 0 fully saturated rings. The highest BCUT2D eigenvalue weighted by Gasteiger charge is 2.18. The van der Waals surface area contributed by atoms with Crippen molar-refractivity contribution in [2.75, 3.05) is 0 Å². The van der Waals surface area contributed by atoms with E-state index >= 15 is 0 Å². The lowest BCUT2D eigenvalue weighted by Gasteiger charge is -2.20. The summed E-state index contributed by atoms with van der Waals surface area (Å²) < 4.78 is 14.6. The molecule has 0 radical (unpaired) electrons. The van der Waals surface area contributed by atoms with E-state index in [0.29, 0.717) is 13.2 Å². The van der Waals surface area contributed by atoms with Crippen LogP contribution in [0.15, 0.2) is 118 Å². The molecule has 210 valence electrons. The molecule has 0 spiro atoms. The zero-order valence-electron chi connectivity index (χ0n) is 22.7. The molecule has 0 heterocycles. The van der Waals surface area contributed by atoms with Crippen LogP contribution in [0.1, 0.15) is 22.3 Å². The first-order chi connectivity index (χ1) is 20.5. The molecule has 0 bridgehead atoms. The van der Waals surface area contributed by atoms with Crippen LogP contribution in [0.3, 0.4) is 0 Å². The number of hydrogen-bond acceptors (Lipinski definition) is 4. The molecule has 2 N–H and O–H groups in total. The fraction of sp³-hybridized carbons (Fsp3) is 0.111. The Morgan fingerprint density at radius 3 is 1.26 bits per heavy atom. The van der Waals surface area contributed by atoms with Crippen LogP contribution in [0.2, 0.25) is 0 Å². The van der Waals surface area contributed by atoms with Crippen molar-refractivity contribution in [3.63, 3.8) is 0 Å². The largest absolute Gasteiger partial charge is 0.489 e. The summed E-state index contributed by atoms with van der Waals surface area (Å²) >= 11 is 7.29. The number of fused-ring (bicyclic) bond motifs is 2. The topological polar surface area (TPSA) is 58.9 Å². The number of benzene rings is 6. The van der Waals surface area contributed by atoms with E-state index < -0.39 is 0 Å². The molecule has 0 amide bonds. The minimum absolute atomic E-state index is 0.00170. The predicted octanol–water partition coefficient (Wildman–Crippen LogP) is 9.33. The van der Waals surface area contributed by atoms with Crippen molar-refractivity contribution in [3.05, 3.63) is 140 Å². The van der Waals surface area contributed by atoms with Crippen LogP contribution < -0.4 is 9.47 Å². The number of rotatable bonds is 9. The van der Waals surface area contributed by atoms with Crippen molar-refractivity contribution < 1.29 is 19.7 Å². The maximum Gasteiger partial charge on any atom is 0.119 e. The SMILES string of the molecule is OCc1ccc(OCc2ccc3cc(Br)ccc3c2-c2c(COc3ccc(CO)cc3)ccc3cc(Br)ccc23)cc1. The van der Waals surface area contributed by atoms with Gasteiger partial charge in [0.1, 0.15) is 24.7 Å². The van der Waals surface area contributed by atoms with Crippen molar-refractivity contribution in [1.29, 1.82) is 0 Å². The van der Waals surface area contributed by atoms with E-state index in [2.05, 4.69) is 92.5 Å². The summed E-state index contributed by atoms with van der Waals surface area (Å²) in [5.74, 6) is 1.48. The second-order valence-corrected chi connectivity index (χ2v) is 11.9. The van der Waals surface area contributed by atoms with Crippen LogP contribution in [0.4, 0.5) is 0 Å². The maximum absolute atomic E-state index is 9.42. The van der Waals surface area contributed by atoms with E-state index in [1.165, 1.54) is 0 Å². The fourth-order valence-corrected chi connectivity index (χ4v) is 5.98. The minimum Gasteiger partial charge on any atom is -0.489 e. The van der Waals surface area contributed by atoms with Gasteiger partial charge in [-0.25, -0.2) is 0 Å². The predicted molar refractivity (Wildman–Crippen MR) is 176 cm³/mol. The second-order valence-electron chi connectivity index (χ2n) is 10.1. The highest BCUT2D eigenvalue weighted by Crippen LogP contribution is 2.41. The van der Waals surface area contributed by atoms with E-state index in [0.717, 1.165) is 75.4 Å². The third kappa shape index (κ3) is 6.08. The monoisotopic (exact) mass is 682 g/mol. The molecule has 0 saturated heterocycles. The van der Waals surface area contributed by atoms with Gasteiger partial charge in [-0.3, -0.25) is 0 Å². The standard InChI is InChI=1S/C36H28Br2O4/c37-29-9-15-33-25(17-29)5-7-27(21-41-31-11-1-23(19-39)2-12-31)35(33)36-28(8-6-26-18-30(38)10-16-34(26)36)22-42-32-13-3-24(20-40)4-14-32/h1-18,39-40H,19-22H2. The van der Waals surface area contributed by atoms with Crippen LogP contribution in [0, 0.1) is 0 Å². The smallest absolute Gasteiger partial charge is 0.119 e. The second kappa shape index (κ2) is 12.7. The summed E-state index contributed by atoms with van der Waals surface area (Å²) in [5.41, 5.74) is 6.01. The maximum atomic E-state index is 9.42. The van der Waals surface area contributed by atoms with Crippen LogP contribution in [-0.4, -0.2) is 10.2 Å². The summed E-state index contributed by atoms with van der Waals surface area (Å²) in [6.45, 7) is 0.738. The molecular weight excluding hydrogens is 656 g/mol. The van der Waals surface area contributed by atoms with Gasteiger partial charge in [-0.1, -0.05) is 92.5 Å². The van der Waals surface area contributed by atoms with Crippen molar-refractivity contribution in [2.45, 2.75) is 26.4 Å². The van der Waals surface area contributed by atoms with Gasteiger partial charge in [0.2, 0.25) is 0 Å². The first kappa shape index (κ1) is 28.4. The number of hydrogen-bond donors (Lipinski definition) is 2. The lowest BCUT2D eigenvalue weighted by Crippen LogP contribution is -2.03. The Balaban J connectivity index is 1.49. The van der Waals surface area contributed by atoms with E-state index in [1.54, 1.807) is 0 Å². The van der Waals surface area contributed by atoms with Crippen molar-refractivity contribution >= 4 is 53.4 Å². The Morgan fingerprint density at radius 2 is 0.881 bits per heavy atom. The first-order valence-electron chi connectivity index (χ1n) is 13.6. The van der Waals surface area contributed by atoms with Gasteiger partial charge in [0.05, 0.1) is 13.2 Å². The molecule has 0 aromatic heterocycles. The van der Waals surface area contributed by atoms with Gasteiger partial charge in [-0.15, -0.1) is 0 Å². The summed E-state index contributed by atoms with van der Waals surface area (Å²) in [4.78, 5) is 0. The lowest BCUT2D eigenvalue weighted by molar-refractivity contribution is 0.280. The minimum atomic E-state index is -0.00170. The number of halogens is 2. The zero-order chi connectivity index (χ0) is 29.1. The van der Waals surface area contributed by atoms with Crippen LogP contribution in [0.5, 0.6) is 11.5 Å². The van der Waals surface area contributed by atoms with Crippen LogP contribution in [-0.2, 0) is 26.4 Å². The highest BCUT2D eigenvalue weighted by atomic mass is 79.9. The molecule has 0 aliphatic carbocycles. The van der Waals surface area contributed by atoms with Gasteiger partial charge in [0, 0.05) is 8.95 Å². The van der Waals surface area contributed by atoms with Gasteiger partial charge in [-0.05, 0) is 103 Å². The quantitative estimate of drug-likeness (QED) is 0.159. The molecule has 6 rings (SSSR count). The Bertz CT molecular complexity index is 1730. The summed E-state index contributed by atoms with van der Waals surface area (Å²) in [6, 6.07) is 36.3. The fourth-order valence-electron chi connectivity index (χ4n) is 5.23. The average molecular weight is 684 g/mol. The normalized spacial score (nSPS) is 11.2. The molecule has 42 heavy (non-hydrogen) atoms. The lowest BCUT2D eigenvalue weighted by atomic mass is 9.87. The summed E-state index contributed by atoms with van der Waals surface area (Å²) in [7, 11) is 0. The highest BCUT2D eigenvalue weighted by molar-refractivity contribution is 9.10. The van der Waals surface area contributed by atoms with E-state index in [-0.39, 0.29) is 13.2 Å². The van der Waals surface area contributed by atoms with Crippen LogP contribution >= 0.6 is 31.9 Å². The molecule has 6 aromatic rings. The third-order valence-corrected chi connectivity index (χ3v) is 8.37. The molecule has 4 nitrogen and oxygen atoms in total. The molecule has 0 aliphatic heterocycles. The Labute approximate surface area is 261 Å². The Morgan fingerprint density at radius 1 is 0.476 bits per heavy atom. The zero-order valence-corrected chi connectivity index (χ0v) is 25.9. The molecule has 0 aliphatic rings. The van der Waals surface area contributed by atoms with E-state index in [9.17, 15) is 10.2 Å².